The minimum Gasteiger partial charge on any atom is -0.495 e. The molecule has 3 aliphatic rings. The smallest absolute Gasteiger partial charge is 0.276 e. The zero-order valence-electron chi connectivity index (χ0n) is 20.0. The van der Waals surface area contributed by atoms with Crippen molar-refractivity contribution in [1.82, 2.24) is 30.0 Å². The molecule has 1 saturated heterocycles. The number of aromatic nitrogens is 4. The van der Waals surface area contributed by atoms with Crippen molar-refractivity contribution in [2.24, 2.45) is 0 Å². The molecule has 3 aliphatic heterocycles. The van der Waals surface area contributed by atoms with Crippen molar-refractivity contribution in [1.29, 1.82) is 0 Å². The molecule has 1 N–H and O–H groups in total. The van der Waals surface area contributed by atoms with Gasteiger partial charge in [0.25, 0.3) is 11.4 Å². The number of nitrogens with zero attached hydrogens (tertiary/aromatic N) is 5. The summed E-state index contributed by atoms with van der Waals surface area (Å²) < 4.78 is 18.5. The number of halogens is 2. The second-order valence-corrected chi connectivity index (χ2v) is 9.10. The molecule has 1 unspecified atom stereocenters. The zero-order chi connectivity index (χ0) is 23.1. The molecular formula is C24H30Cl2N6O4. The van der Waals surface area contributed by atoms with Crippen LogP contribution in [0.5, 0.6) is 17.4 Å². The van der Waals surface area contributed by atoms with Gasteiger partial charge in [0.1, 0.15) is 19.0 Å². The maximum absolute atomic E-state index is 12.7. The highest BCUT2D eigenvalue weighted by Gasteiger charge is 2.31. The molecule has 1 fully saturated rings. The van der Waals surface area contributed by atoms with Gasteiger partial charge in [-0.15, -0.1) is 29.9 Å². The number of hydrogen-bond donors (Lipinski definition) is 1. The molecule has 0 spiro atoms. The van der Waals surface area contributed by atoms with Gasteiger partial charge in [0, 0.05) is 43.2 Å². The average Bonchev–Trinajstić information content (AvgIpc) is 3.26. The van der Waals surface area contributed by atoms with E-state index in [0.29, 0.717) is 37.4 Å². The zero-order valence-corrected chi connectivity index (χ0v) is 21.6. The Morgan fingerprint density at radius 1 is 1.14 bits per heavy atom. The maximum atomic E-state index is 12.7. The Bertz CT molecular complexity index is 1280. The van der Waals surface area contributed by atoms with Gasteiger partial charge in [0.2, 0.25) is 0 Å². The highest BCUT2D eigenvalue weighted by Crippen LogP contribution is 2.36. The molecule has 3 aromatic heterocycles. The Labute approximate surface area is 221 Å². The average molecular weight is 537 g/mol. The Balaban J connectivity index is 0.00000152. The van der Waals surface area contributed by atoms with Gasteiger partial charge in [-0.2, -0.15) is 5.10 Å². The minimum atomic E-state index is 0. The summed E-state index contributed by atoms with van der Waals surface area (Å²) in [4.78, 5) is 19.7. The first-order chi connectivity index (χ1) is 16.7. The first kappa shape index (κ1) is 26.4. The fourth-order valence-electron chi connectivity index (χ4n) is 5.33. The maximum Gasteiger partial charge on any atom is 0.276 e. The molecule has 6 rings (SSSR count). The molecule has 0 amide bonds. The highest BCUT2D eigenvalue weighted by molar-refractivity contribution is 5.85. The van der Waals surface area contributed by atoms with Crippen molar-refractivity contribution >= 4 is 35.8 Å². The standard InChI is InChI=1S/C24H28N6O4.2ClH/c1-32-21-13-26-19-2-3-22(31)30-17(11-18(21)23(19)30)14-29-6-4-15(5-7-29)25-12-16-10-20-24(28-27-16)34-9-8-33-20;;/h2-3,10,13,15,17,25H,4-9,11-12,14H2,1H3;2*1H. The molecule has 1 atom stereocenters. The highest BCUT2D eigenvalue weighted by atomic mass is 35.5. The monoisotopic (exact) mass is 536 g/mol. The van der Waals surface area contributed by atoms with Crippen LogP contribution in [0.15, 0.2) is 29.2 Å². The van der Waals surface area contributed by atoms with E-state index < -0.39 is 0 Å². The van der Waals surface area contributed by atoms with Crippen molar-refractivity contribution in [2.45, 2.75) is 37.9 Å². The lowest BCUT2D eigenvalue weighted by atomic mass is 10.0. The fourth-order valence-corrected chi connectivity index (χ4v) is 5.33. The van der Waals surface area contributed by atoms with Crippen molar-refractivity contribution in [2.75, 3.05) is 40.0 Å². The number of methoxy groups -OCH3 is 1. The summed E-state index contributed by atoms with van der Waals surface area (Å²) in [5, 5.41) is 12.0. The van der Waals surface area contributed by atoms with Gasteiger partial charge in [-0.1, -0.05) is 0 Å². The van der Waals surface area contributed by atoms with Gasteiger partial charge >= 0.3 is 0 Å². The summed E-state index contributed by atoms with van der Waals surface area (Å²) >= 11 is 0. The second-order valence-electron chi connectivity index (χ2n) is 9.10. The van der Waals surface area contributed by atoms with E-state index in [1.54, 1.807) is 19.4 Å². The Hall–Kier alpha value is -2.66. The van der Waals surface area contributed by atoms with Crippen LogP contribution in [0.25, 0.3) is 11.0 Å². The topological polar surface area (TPSA) is 104 Å². The molecule has 10 nitrogen and oxygen atoms in total. The van der Waals surface area contributed by atoms with E-state index in [0.717, 1.165) is 66.9 Å². The van der Waals surface area contributed by atoms with E-state index in [1.807, 2.05) is 16.7 Å². The molecule has 0 radical (unpaired) electrons. The molecule has 0 saturated carbocycles. The van der Waals surface area contributed by atoms with E-state index in [1.165, 1.54) is 0 Å². The second kappa shape index (κ2) is 11.2. The Morgan fingerprint density at radius 3 is 2.75 bits per heavy atom. The van der Waals surface area contributed by atoms with Crippen LogP contribution in [-0.4, -0.2) is 70.6 Å². The number of pyridine rings is 2. The first-order valence-electron chi connectivity index (χ1n) is 11.8. The molecule has 6 heterocycles. The summed E-state index contributed by atoms with van der Waals surface area (Å²) in [6.45, 7) is 4.52. The van der Waals surface area contributed by atoms with Crippen LogP contribution in [0.2, 0.25) is 0 Å². The third-order valence-corrected chi connectivity index (χ3v) is 7.02. The SMILES string of the molecule is COc1cnc2ccc(=O)n3c2c1CC3CN1CCC(NCc2cc3c(nn2)OCCO3)CC1.Cl.Cl. The third-order valence-electron chi connectivity index (χ3n) is 7.02. The third kappa shape index (κ3) is 4.95. The molecule has 12 heteroatoms. The summed E-state index contributed by atoms with van der Waals surface area (Å²) in [5.41, 5.74) is 3.75. The molecular weight excluding hydrogens is 507 g/mol. The van der Waals surface area contributed by atoms with Crippen LogP contribution < -0.4 is 25.1 Å². The molecule has 0 aliphatic carbocycles. The number of rotatable bonds is 6. The van der Waals surface area contributed by atoms with Crippen LogP contribution in [0.3, 0.4) is 0 Å². The number of likely N-dealkylation sites (tertiary alicyclic amines) is 1. The molecule has 194 valence electrons. The predicted octanol–water partition coefficient (Wildman–Crippen LogP) is 2.16. The molecule has 36 heavy (non-hydrogen) atoms. The summed E-state index contributed by atoms with van der Waals surface area (Å²) in [5.74, 6) is 1.91. The van der Waals surface area contributed by atoms with E-state index >= 15 is 0 Å². The summed E-state index contributed by atoms with van der Waals surface area (Å²) in [7, 11) is 1.66. The van der Waals surface area contributed by atoms with Gasteiger partial charge < -0.3 is 29.0 Å². The fraction of sp³-hybridized carbons (Fsp3) is 0.500. The minimum absolute atomic E-state index is 0. The molecule has 3 aromatic rings. The number of piperidine rings is 1. The van der Waals surface area contributed by atoms with E-state index in [2.05, 4.69) is 25.4 Å². The Kier molecular flexibility index (Phi) is 8.19. The van der Waals surface area contributed by atoms with Gasteiger partial charge in [-0.25, -0.2) is 0 Å². The number of nitrogens with one attached hydrogen (secondary N) is 1. The van der Waals surface area contributed by atoms with Crippen molar-refractivity contribution < 1.29 is 14.2 Å². The van der Waals surface area contributed by atoms with Crippen molar-refractivity contribution in [3.63, 3.8) is 0 Å². The lowest BCUT2D eigenvalue weighted by Crippen LogP contribution is -2.44. The van der Waals surface area contributed by atoms with Crippen LogP contribution >= 0.6 is 24.8 Å². The summed E-state index contributed by atoms with van der Waals surface area (Å²) in [6.07, 6.45) is 4.64. The quantitative estimate of drug-likeness (QED) is 0.507. The van der Waals surface area contributed by atoms with Crippen LogP contribution in [0, 0.1) is 0 Å². The van der Waals surface area contributed by atoms with Gasteiger partial charge in [0.15, 0.2) is 5.75 Å². The number of hydrogen-bond acceptors (Lipinski definition) is 9. The number of ether oxygens (including phenoxy) is 3. The first-order valence-corrected chi connectivity index (χ1v) is 11.8. The van der Waals surface area contributed by atoms with Crippen LogP contribution in [0.1, 0.15) is 30.1 Å². The summed E-state index contributed by atoms with van der Waals surface area (Å²) in [6, 6.07) is 5.86. The van der Waals surface area contributed by atoms with Crippen molar-refractivity contribution in [3.8, 4) is 17.4 Å². The lowest BCUT2D eigenvalue weighted by Gasteiger charge is -2.34. The number of fused-ring (bicyclic) bond motifs is 1. The van der Waals surface area contributed by atoms with Gasteiger partial charge in [-0.05, 0) is 32.0 Å². The largest absolute Gasteiger partial charge is 0.495 e. The van der Waals surface area contributed by atoms with E-state index in [4.69, 9.17) is 14.2 Å². The van der Waals surface area contributed by atoms with E-state index in [9.17, 15) is 4.79 Å². The Morgan fingerprint density at radius 2 is 1.94 bits per heavy atom. The van der Waals surface area contributed by atoms with Crippen molar-refractivity contribution in [3.05, 3.63) is 46.0 Å². The van der Waals surface area contributed by atoms with E-state index in [-0.39, 0.29) is 36.4 Å². The van der Waals surface area contributed by atoms with Gasteiger partial charge in [-0.3, -0.25) is 9.78 Å². The van der Waals surface area contributed by atoms with Crippen LogP contribution in [0.4, 0.5) is 0 Å². The lowest BCUT2D eigenvalue weighted by molar-refractivity contribution is 0.161. The molecule has 0 bridgehead atoms. The molecule has 0 aromatic carbocycles. The predicted molar refractivity (Wildman–Crippen MR) is 139 cm³/mol. The van der Waals surface area contributed by atoms with Crippen LogP contribution in [-0.2, 0) is 13.0 Å². The normalized spacial score (nSPS) is 19.0. The van der Waals surface area contributed by atoms with Gasteiger partial charge in [0.05, 0.1) is 36.1 Å².